The molecule has 1 unspecified atom stereocenters. The topological polar surface area (TPSA) is 43.2 Å². The second-order valence-electron chi connectivity index (χ2n) is 9.45. The van der Waals surface area contributed by atoms with E-state index in [-0.39, 0.29) is 0 Å². The van der Waals surface area contributed by atoms with Crippen LogP contribution in [0.2, 0.25) is 0 Å². The number of rotatable bonds is 10. The largest absolute Gasteiger partial charge is 0.383 e. The van der Waals surface area contributed by atoms with Crippen molar-refractivity contribution in [3.63, 3.8) is 0 Å². The third-order valence-electron chi connectivity index (χ3n) is 7.28. The Balaban J connectivity index is 1.57. The highest BCUT2D eigenvalue weighted by molar-refractivity contribution is 6.08. The molecule has 0 fully saturated rings. The van der Waals surface area contributed by atoms with Gasteiger partial charge in [0, 0.05) is 48.9 Å². The molecule has 4 aromatic rings. The number of para-hydroxylation sites is 1. The fourth-order valence-electron chi connectivity index (χ4n) is 5.65. The van der Waals surface area contributed by atoms with Gasteiger partial charge in [-0.2, -0.15) is 0 Å². The molecule has 1 atom stereocenters. The molecular formula is C29H36N4O. The van der Waals surface area contributed by atoms with Crippen LogP contribution in [0.4, 0.5) is 0 Å². The Bertz CT molecular complexity index is 1250. The Kier molecular flexibility index (Phi) is 7.21. The third kappa shape index (κ3) is 4.47. The first-order valence-corrected chi connectivity index (χ1v) is 12.8. The first-order chi connectivity index (χ1) is 16.8. The van der Waals surface area contributed by atoms with E-state index in [9.17, 15) is 0 Å². The second kappa shape index (κ2) is 10.7. The molecule has 3 aromatic heterocycles. The summed E-state index contributed by atoms with van der Waals surface area (Å²) in [5.41, 5.74) is 6.35. The minimum absolute atomic E-state index is 0.357. The van der Waals surface area contributed by atoms with Gasteiger partial charge in [-0.1, -0.05) is 44.0 Å². The smallest absolute Gasteiger partial charge is 0.0787 e. The molecule has 0 bridgehead atoms. The lowest BCUT2D eigenvalue weighted by Crippen LogP contribution is -2.33. The highest BCUT2D eigenvalue weighted by Gasteiger charge is 2.28. The maximum absolute atomic E-state index is 5.47. The van der Waals surface area contributed by atoms with Gasteiger partial charge in [0.05, 0.1) is 29.6 Å². The predicted octanol–water partition coefficient (Wildman–Crippen LogP) is 6.30. The lowest BCUT2D eigenvalue weighted by Gasteiger charge is -2.35. The third-order valence-corrected chi connectivity index (χ3v) is 7.28. The van der Waals surface area contributed by atoms with Crippen LogP contribution in [0.15, 0.2) is 54.9 Å². The Morgan fingerprint density at radius 1 is 1.03 bits per heavy atom. The van der Waals surface area contributed by atoms with Crippen LogP contribution in [-0.2, 0) is 24.2 Å². The molecule has 1 aliphatic rings. The van der Waals surface area contributed by atoms with Crippen molar-refractivity contribution in [1.82, 2.24) is 19.4 Å². The zero-order chi connectivity index (χ0) is 23.3. The van der Waals surface area contributed by atoms with Crippen molar-refractivity contribution in [2.75, 3.05) is 20.3 Å². The van der Waals surface area contributed by atoms with E-state index in [0.29, 0.717) is 12.6 Å². The lowest BCUT2D eigenvalue weighted by atomic mass is 9.90. The van der Waals surface area contributed by atoms with E-state index in [0.717, 1.165) is 31.7 Å². The van der Waals surface area contributed by atoms with Crippen molar-refractivity contribution in [3.8, 4) is 0 Å². The van der Waals surface area contributed by atoms with Gasteiger partial charge in [0.2, 0.25) is 0 Å². The highest BCUT2D eigenvalue weighted by atomic mass is 16.5. The van der Waals surface area contributed by atoms with Gasteiger partial charge in [-0.25, -0.2) is 0 Å². The quantitative estimate of drug-likeness (QED) is 0.263. The van der Waals surface area contributed by atoms with Crippen molar-refractivity contribution in [3.05, 3.63) is 71.8 Å². The van der Waals surface area contributed by atoms with E-state index in [1.807, 2.05) is 12.4 Å². The van der Waals surface area contributed by atoms with Crippen LogP contribution in [0, 0.1) is 0 Å². The summed E-state index contributed by atoms with van der Waals surface area (Å²) in [5.74, 6) is 0. The van der Waals surface area contributed by atoms with Gasteiger partial charge in [-0.3, -0.25) is 14.9 Å². The Morgan fingerprint density at radius 2 is 1.94 bits per heavy atom. The number of pyridine rings is 2. The zero-order valence-electron chi connectivity index (χ0n) is 20.5. The monoisotopic (exact) mass is 456 g/mol. The number of nitrogens with zero attached hydrogens (tertiary/aromatic N) is 4. The van der Waals surface area contributed by atoms with Crippen molar-refractivity contribution in [1.29, 1.82) is 0 Å². The van der Waals surface area contributed by atoms with Crippen LogP contribution in [0.3, 0.4) is 0 Å². The van der Waals surface area contributed by atoms with Crippen molar-refractivity contribution >= 4 is 21.8 Å². The molecule has 0 aliphatic heterocycles. The number of ether oxygens (including phenoxy) is 1. The predicted molar refractivity (Wildman–Crippen MR) is 139 cm³/mol. The SMILES string of the molecule is CCCCCN(Cc1nccc2c3ccccc3n(CCOC)c12)C1CCCc2cccnc21. The average Bonchev–Trinajstić information content (AvgIpc) is 3.21. The Labute approximate surface area is 202 Å². The number of hydrogen-bond donors (Lipinski definition) is 0. The second-order valence-corrected chi connectivity index (χ2v) is 9.45. The molecule has 0 saturated carbocycles. The standard InChI is InChI=1S/C29H36N4O/c1-3-4-7-18-32(27-14-8-10-22-11-9-16-31-28(22)27)21-25-29-24(15-17-30-25)23-12-5-6-13-26(23)33(29)19-20-34-2/h5-6,9,11-13,15-17,27H,3-4,7-8,10,14,18-21H2,1-2H3. The van der Waals surface area contributed by atoms with E-state index < -0.39 is 0 Å². The average molecular weight is 457 g/mol. The first kappa shape index (κ1) is 23.0. The number of methoxy groups -OCH3 is 1. The molecule has 5 heteroatoms. The normalized spacial score (nSPS) is 15.9. The molecule has 0 saturated heterocycles. The van der Waals surface area contributed by atoms with Crippen LogP contribution in [0.1, 0.15) is 62.0 Å². The summed E-state index contributed by atoms with van der Waals surface area (Å²) >= 11 is 0. The summed E-state index contributed by atoms with van der Waals surface area (Å²) in [5, 5.41) is 2.58. The zero-order valence-corrected chi connectivity index (χ0v) is 20.5. The van der Waals surface area contributed by atoms with E-state index in [1.54, 1.807) is 7.11 Å². The summed E-state index contributed by atoms with van der Waals surface area (Å²) in [6.07, 6.45) is 11.2. The maximum Gasteiger partial charge on any atom is 0.0787 e. The molecule has 178 valence electrons. The van der Waals surface area contributed by atoms with Crippen molar-refractivity contribution < 1.29 is 4.74 Å². The number of aryl methyl sites for hydroxylation is 1. The molecule has 3 heterocycles. The van der Waals surface area contributed by atoms with Crippen LogP contribution in [0.25, 0.3) is 21.8 Å². The molecule has 0 radical (unpaired) electrons. The number of fused-ring (bicyclic) bond motifs is 4. The summed E-state index contributed by atoms with van der Waals surface area (Å²) in [6.45, 7) is 5.69. The molecule has 0 amide bonds. The van der Waals surface area contributed by atoms with Gasteiger partial charge in [0.25, 0.3) is 0 Å². The summed E-state index contributed by atoms with van der Waals surface area (Å²) < 4.78 is 7.88. The molecule has 5 nitrogen and oxygen atoms in total. The van der Waals surface area contributed by atoms with Crippen LogP contribution >= 0.6 is 0 Å². The van der Waals surface area contributed by atoms with Crippen molar-refractivity contribution in [2.45, 2.75) is 64.6 Å². The Hall–Kier alpha value is -2.76. The number of aromatic nitrogens is 3. The van der Waals surface area contributed by atoms with Gasteiger partial charge >= 0.3 is 0 Å². The number of hydrogen-bond acceptors (Lipinski definition) is 4. The van der Waals surface area contributed by atoms with E-state index in [2.05, 4.69) is 58.9 Å². The molecule has 1 aliphatic carbocycles. The van der Waals surface area contributed by atoms with E-state index >= 15 is 0 Å². The lowest BCUT2D eigenvalue weighted by molar-refractivity contribution is 0.161. The highest BCUT2D eigenvalue weighted by Crippen LogP contribution is 2.36. The van der Waals surface area contributed by atoms with Crippen LogP contribution in [-0.4, -0.2) is 39.7 Å². The fourth-order valence-corrected chi connectivity index (χ4v) is 5.65. The molecule has 34 heavy (non-hydrogen) atoms. The summed E-state index contributed by atoms with van der Waals surface area (Å²) in [4.78, 5) is 12.5. The van der Waals surface area contributed by atoms with Gasteiger partial charge in [0.15, 0.2) is 0 Å². The van der Waals surface area contributed by atoms with E-state index in [4.69, 9.17) is 14.7 Å². The molecule has 5 rings (SSSR count). The van der Waals surface area contributed by atoms with Gasteiger partial charge < -0.3 is 9.30 Å². The minimum Gasteiger partial charge on any atom is -0.383 e. The van der Waals surface area contributed by atoms with E-state index in [1.165, 1.54) is 65.2 Å². The Morgan fingerprint density at radius 3 is 2.82 bits per heavy atom. The fraction of sp³-hybridized carbons (Fsp3) is 0.448. The van der Waals surface area contributed by atoms with Gasteiger partial charge in [-0.15, -0.1) is 0 Å². The maximum atomic E-state index is 5.47. The van der Waals surface area contributed by atoms with Gasteiger partial charge in [0.1, 0.15) is 0 Å². The summed E-state index contributed by atoms with van der Waals surface area (Å²) in [6, 6.07) is 15.6. The van der Waals surface area contributed by atoms with Gasteiger partial charge in [-0.05, 0) is 56.0 Å². The molecular weight excluding hydrogens is 420 g/mol. The first-order valence-electron chi connectivity index (χ1n) is 12.8. The number of benzene rings is 1. The minimum atomic E-state index is 0.357. The van der Waals surface area contributed by atoms with Crippen molar-refractivity contribution in [2.24, 2.45) is 0 Å². The molecule has 0 spiro atoms. The summed E-state index contributed by atoms with van der Waals surface area (Å²) in [7, 11) is 1.77. The van der Waals surface area contributed by atoms with Crippen LogP contribution < -0.4 is 0 Å². The number of unbranched alkanes of at least 4 members (excludes halogenated alkanes) is 2. The molecule has 1 aromatic carbocycles. The molecule has 0 N–H and O–H groups in total. The van der Waals surface area contributed by atoms with Crippen LogP contribution in [0.5, 0.6) is 0 Å².